The molecule has 0 aliphatic heterocycles. The molecule has 5 heteroatoms. The maximum absolute atomic E-state index is 5.64. The highest BCUT2D eigenvalue weighted by Crippen LogP contribution is 2.17. The van der Waals surface area contributed by atoms with Gasteiger partial charge in [0, 0.05) is 13.1 Å². The van der Waals surface area contributed by atoms with Gasteiger partial charge in [-0.2, -0.15) is 0 Å². The molecule has 0 saturated carbocycles. The molecule has 1 atom stereocenters. The van der Waals surface area contributed by atoms with Crippen LogP contribution in [0.25, 0.3) is 0 Å². The molecule has 0 saturated heterocycles. The van der Waals surface area contributed by atoms with Gasteiger partial charge in [0.1, 0.15) is 18.1 Å². The van der Waals surface area contributed by atoms with E-state index >= 15 is 0 Å². The number of aryl methyl sites for hydroxylation is 1. The van der Waals surface area contributed by atoms with Gasteiger partial charge < -0.3 is 10.1 Å². The predicted octanol–water partition coefficient (Wildman–Crippen LogP) is 1.67. The van der Waals surface area contributed by atoms with Gasteiger partial charge in [0.15, 0.2) is 0 Å². The van der Waals surface area contributed by atoms with Gasteiger partial charge in [0.2, 0.25) is 0 Å². The Morgan fingerprint density at radius 3 is 2.61 bits per heavy atom. The number of ether oxygens (including phenoxy) is 1. The molecule has 0 bridgehead atoms. The molecule has 1 unspecified atom stereocenters. The Bertz CT molecular complexity index is 492. The molecule has 0 radical (unpaired) electrons. The number of benzene rings is 1. The van der Waals surface area contributed by atoms with Crippen LogP contribution in [-0.4, -0.2) is 22.0 Å². The smallest absolute Gasteiger partial charge is 0.134 e. The molecular weight excluding hydrogens is 228 g/mol. The van der Waals surface area contributed by atoms with Crippen LogP contribution in [0, 0.1) is 0 Å². The van der Waals surface area contributed by atoms with E-state index in [1.54, 1.807) is 4.68 Å². The highest BCUT2D eigenvalue weighted by Gasteiger charge is 2.03. The summed E-state index contributed by atoms with van der Waals surface area (Å²) in [5.41, 5.74) is 2.06. The van der Waals surface area contributed by atoms with Crippen LogP contribution in [0.1, 0.15) is 24.2 Å². The third kappa shape index (κ3) is 3.07. The highest BCUT2D eigenvalue weighted by atomic mass is 16.5. The van der Waals surface area contributed by atoms with Crippen molar-refractivity contribution in [2.24, 2.45) is 7.05 Å². The SMILES string of the molecule is CNC(C)c1ccc(OCc2cn(C)nn2)cc1. The van der Waals surface area contributed by atoms with Crippen LogP contribution in [0.3, 0.4) is 0 Å². The van der Waals surface area contributed by atoms with Crippen LogP contribution in [-0.2, 0) is 13.7 Å². The van der Waals surface area contributed by atoms with E-state index in [1.165, 1.54) is 5.56 Å². The quantitative estimate of drug-likeness (QED) is 0.872. The second kappa shape index (κ2) is 5.64. The van der Waals surface area contributed by atoms with E-state index in [0.717, 1.165) is 11.4 Å². The maximum atomic E-state index is 5.64. The first-order valence-corrected chi connectivity index (χ1v) is 5.94. The number of rotatable bonds is 5. The highest BCUT2D eigenvalue weighted by molar-refractivity contribution is 5.29. The first-order chi connectivity index (χ1) is 8.69. The number of hydrogen-bond acceptors (Lipinski definition) is 4. The Morgan fingerprint density at radius 1 is 1.33 bits per heavy atom. The minimum atomic E-state index is 0.346. The van der Waals surface area contributed by atoms with Crippen molar-refractivity contribution in [3.05, 3.63) is 41.7 Å². The Hall–Kier alpha value is -1.88. The molecule has 1 N–H and O–H groups in total. The Labute approximate surface area is 107 Å². The van der Waals surface area contributed by atoms with Crippen molar-refractivity contribution in [1.29, 1.82) is 0 Å². The monoisotopic (exact) mass is 246 g/mol. The minimum absolute atomic E-state index is 0.346. The molecule has 0 spiro atoms. The summed E-state index contributed by atoms with van der Waals surface area (Å²) in [7, 11) is 3.79. The van der Waals surface area contributed by atoms with Crippen LogP contribution >= 0.6 is 0 Å². The van der Waals surface area contributed by atoms with E-state index in [2.05, 4.69) is 34.7 Å². The van der Waals surface area contributed by atoms with Gasteiger partial charge >= 0.3 is 0 Å². The zero-order valence-corrected chi connectivity index (χ0v) is 10.9. The number of aromatic nitrogens is 3. The van der Waals surface area contributed by atoms with E-state index < -0.39 is 0 Å². The molecule has 5 nitrogen and oxygen atoms in total. The number of nitrogens with one attached hydrogen (secondary N) is 1. The van der Waals surface area contributed by atoms with Gasteiger partial charge in [-0.1, -0.05) is 17.3 Å². The van der Waals surface area contributed by atoms with Gasteiger partial charge in [-0.25, -0.2) is 0 Å². The average Bonchev–Trinajstić information content (AvgIpc) is 2.82. The summed E-state index contributed by atoms with van der Waals surface area (Å²) in [5, 5.41) is 11.0. The number of nitrogens with zero attached hydrogens (tertiary/aromatic N) is 3. The van der Waals surface area contributed by atoms with E-state index in [-0.39, 0.29) is 0 Å². The molecule has 1 heterocycles. The zero-order chi connectivity index (χ0) is 13.0. The van der Waals surface area contributed by atoms with Crippen molar-refractivity contribution in [2.45, 2.75) is 19.6 Å². The van der Waals surface area contributed by atoms with Crippen LogP contribution in [0.15, 0.2) is 30.5 Å². The van der Waals surface area contributed by atoms with Crippen molar-refractivity contribution >= 4 is 0 Å². The minimum Gasteiger partial charge on any atom is -0.487 e. The van der Waals surface area contributed by atoms with Crippen LogP contribution in [0.5, 0.6) is 5.75 Å². The summed E-state index contributed by atoms with van der Waals surface area (Å²) in [6.07, 6.45) is 1.84. The van der Waals surface area contributed by atoms with Gasteiger partial charge in [-0.3, -0.25) is 4.68 Å². The molecule has 96 valence electrons. The summed E-state index contributed by atoms with van der Waals surface area (Å²) in [6, 6.07) is 8.42. The van der Waals surface area contributed by atoms with E-state index in [0.29, 0.717) is 12.6 Å². The normalized spacial score (nSPS) is 12.4. The van der Waals surface area contributed by atoms with Crippen LogP contribution < -0.4 is 10.1 Å². The first kappa shape index (κ1) is 12.6. The van der Waals surface area contributed by atoms with Crippen LogP contribution in [0.4, 0.5) is 0 Å². The van der Waals surface area contributed by atoms with E-state index in [9.17, 15) is 0 Å². The van der Waals surface area contributed by atoms with E-state index in [4.69, 9.17) is 4.74 Å². The van der Waals surface area contributed by atoms with Gasteiger partial charge in [0.25, 0.3) is 0 Å². The Morgan fingerprint density at radius 2 is 2.06 bits per heavy atom. The molecule has 18 heavy (non-hydrogen) atoms. The molecule has 1 aromatic carbocycles. The molecule has 2 aromatic rings. The predicted molar refractivity (Wildman–Crippen MR) is 69.3 cm³/mol. The first-order valence-electron chi connectivity index (χ1n) is 5.94. The molecule has 0 aliphatic carbocycles. The van der Waals surface area contributed by atoms with Crippen molar-refractivity contribution < 1.29 is 4.74 Å². The molecular formula is C13H18N4O. The molecule has 1 aromatic heterocycles. The summed E-state index contributed by atoms with van der Waals surface area (Å²) in [4.78, 5) is 0. The van der Waals surface area contributed by atoms with Gasteiger partial charge in [-0.15, -0.1) is 5.10 Å². The molecule has 2 rings (SSSR count). The van der Waals surface area contributed by atoms with Crippen LogP contribution in [0.2, 0.25) is 0 Å². The summed E-state index contributed by atoms with van der Waals surface area (Å²) in [5.74, 6) is 0.840. The second-order valence-corrected chi connectivity index (χ2v) is 4.25. The second-order valence-electron chi connectivity index (χ2n) is 4.25. The standard InChI is InChI=1S/C13H18N4O/c1-10(14-2)11-4-6-13(7-5-11)18-9-12-8-17(3)16-15-12/h4-8,10,14H,9H2,1-3H3. The zero-order valence-electron chi connectivity index (χ0n) is 10.9. The fourth-order valence-corrected chi connectivity index (χ4v) is 1.64. The molecule has 0 aliphatic rings. The third-order valence-electron chi connectivity index (χ3n) is 2.85. The number of hydrogen-bond donors (Lipinski definition) is 1. The summed E-state index contributed by atoms with van der Waals surface area (Å²) < 4.78 is 7.30. The lowest BCUT2D eigenvalue weighted by atomic mass is 10.1. The van der Waals surface area contributed by atoms with Crippen molar-refractivity contribution in [3.8, 4) is 5.75 Å². The Balaban J connectivity index is 1.94. The third-order valence-corrected chi connectivity index (χ3v) is 2.85. The summed E-state index contributed by atoms with van der Waals surface area (Å²) >= 11 is 0. The van der Waals surface area contributed by atoms with Gasteiger partial charge in [-0.05, 0) is 31.7 Å². The lowest BCUT2D eigenvalue weighted by molar-refractivity contribution is 0.301. The fraction of sp³-hybridized carbons (Fsp3) is 0.385. The molecule has 0 amide bonds. The van der Waals surface area contributed by atoms with Crippen molar-refractivity contribution in [3.63, 3.8) is 0 Å². The average molecular weight is 246 g/mol. The fourth-order valence-electron chi connectivity index (χ4n) is 1.64. The molecule has 0 fully saturated rings. The van der Waals surface area contributed by atoms with Crippen molar-refractivity contribution in [1.82, 2.24) is 20.3 Å². The largest absolute Gasteiger partial charge is 0.487 e. The van der Waals surface area contributed by atoms with E-state index in [1.807, 2.05) is 32.4 Å². The topological polar surface area (TPSA) is 52.0 Å². The van der Waals surface area contributed by atoms with Crippen molar-refractivity contribution in [2.75, 3.05) is 7.05 Å². The lowest BCUT2D eigenvalue weighted by Crippen LogP contribution is -2.11. The van der Waals surface area contributed by atoms with Gasteiger partial charge in [0.05, 0.1) is 6.20 Å². The Kier molecular flexibility index (Phi) is 3.94. The maximum Gasteiger partial charge on any atom is 0.134 e. The summed E-state index contributed by atoms with van der Waals surface area (Å²) in [6.45, 7) is 2.56. The lowest BCUT2D eigenvalue weighted by Gasteiger charge is -2.11.